The van der Waals surface area contributed by atoms with Crippen LogP contribution in [0.5, 0.6) is 0 Å². The zero-order valence-electron chi connectivity index (χ0n) is 13.2. The molecule has 2 unspecified atom stereocenters. The van der Waals surface area contributed by atoms with Gasteiger partial charge in [0.1, 0.15) is 0 Å². The Morgan fingerprint density at radius 2 is 1.77 bits per heavy atom. The average molecular weight is 291 g/mol. The van der Waals surface area contributed by atoms with Crippen LogP contribution < -0.4 is 0 Å². The molecular formula is C21H25N. The highest BCUT2D eigenvalue weighted by atomic mass is 15.1. The summed E-state index contributed by atoms with van der Waals surface area (Å²) in [6, 6.07) is 20.1. The molecule has 2 atom stereocenters. The molecule has 0 saturated carbocycles. The van der Waals surface area contributed by atoms with E-state index in [9.17, 15) is 0 Å². The lowest BCUT2D eigenvalue weighted by molar-refractivity contribution is 0.250. The molecule has 0 aromatic heterocycles. The molecule has 0 spiro atoms. The molecule has 1 aliphatic carbocycles. The summed E-state index contributed by atoms with van der Waals surface area (Å²) in [4.78, 5) is 2.71. The maximum Gasteiger partial charge on any atom is 0.00219 e. The van der Waals surface area contributed by atoms with E-state index in [4.69, 9.17) is 0 Å². The Kier molecular flexibility index (Phi) is 3.99. The fraction of sp³-hybridized carbons (Fsp3) is 0.429. The predicted octanol–water partition coefficient (Wildman–Crippen LogP) is 4.28. The third-order valence-electron chi connectivity index (χ3n) is 5.49. The van der Waals surface area contributed by atoms with Crippen molar-refractivity contribution in [2.75, 3.05) is 19.6 Å². The predicted molar refractivity (Wildman–Crippen MR) is 92.2 cm³/mol. The van der Waals surface area contributed by atoms with E-state index in [1.54, 1.807) is 11.1 Å². The van der Waals surface area contributed by atoms with Gasteiger partial charge in [0.15, 0.2) is 0 Å². The molecule has 1 nitrogen and oxygen atoms in total. The van der Waals surface area contributed by atoms with Gasteiger partial charge >= 0.3 is 0 Å². The third-order valence-corrected chi connectivity index (χ3v) is 5.49. The molecule has 2 aromatic carbocycles. The van der Waals surface area contributed by atoms with Crippen LogP contribution in [0.1, 0.15) is 35.4 Å². The molecule has 22 heavy (non-hydrogen) atoms. The number of hydrogen-bond donors (Lipinski definition) is 0. The Hall–Kier alpha value is -1.60. The van der Waals surface area contributed by atoms with Crippen molar-refractivity contribution in [1.82, 2.24) is 4.90 Å². The maximum absolute atomic E-state index is 2.71. The lowest BCUT2D eigenvalue weighted by atomic mass is 9.76. The molecule has 4 rings (SSSR count). The highest BCUT2D eigenvalue weighted by Gasteiger charge is 2.30. The Morgan fingerprint density at radius 3 is 2.68 bits per heavy atom. The Balaban J connectivity index is 1.43. The van der Waals surface area contributed by atoms with Gasteiger partial charge in [-0.15, -0.1) is 0 Å². The molecule has 1 saturated heterocycles. The first-order chi connectivity index (χ1) is 10.9. The van der Waals surface area contributed by atoms with Crippen molar-refractivity contribution in [2.24, 2.45) is 5.92 Å². The maximum atomic E-state index is 2.71. The van der Waals surface area contributed by atoms with Gasteiger partial charge in [0.05, 0.1) is 0 Å². The fourth-order valence-electron chi connectivity index (χ4n) is 4.38. The second kappa shape index (κ2) is 6.26. The van der Waals surface area contributed by atoms with Crippen LogP contribution in [0.2, 0.25) is 0 Å². The number of rotatable bonds is 3. The summed E-state index contributed by atoms with van der Waals surface area (Å²) < 4.78 is 0. The topological polar surface area (TPSA) is 3.24 Å². The van der Waals surface area contributed by atoms with Crippen molar-refractivity contribution in [1.29, 1.82) is 0 Å². The lowest BCUT2D eigenvalue weighted by Gasteiger charge is -2.29. The van der Waals surface area contributed by atoms with Crippen LogP contribution >= 0.6 is 0 Å². The minimum absolute atomic E-state index is 0.802. The molecule has 1 fully saturated rings. The Labute approximate surface area is 134 Å². The smallest absolute Gasteiger partial charge is 0.00219 e. The van der Waals surface area contributed by atoms with Gasteiger partial charge in [-0.1, -0.05) is 54.6 Å². The summed E-state index contributed by atoms with van der Waals surface area (Å²) in [7, 11) is 0. The molecule has 114 valence electrons. The average Bonchev–Trinajstić information content (AvgIpc) is 2.73. The van der Waals surface area contributed by atoms with Crippen LogP contribution in [0.3, 0.4) is 0 Å². The van der Waals surface area contributed by atoms with E-state index in [1.807, 2.05) is 0 Å². The van der Waals surface area contributed by atoms with Crippen LogP contribution in [0, 0.1) is 5.92 Å². The van der Waals surface area contributed by atoms with Crippen LogP contribution in [0.25, 0.3) is 0 Å². The van der Waals surface area contributed by atoms with Crippen molar-refractivity contribution in [3.05, 3.63) is 71.3 Å². The second-order valence-corrected chi connectivity index (χ2v) is 7.03. The highest BCUT2D eigenvalue weighted by Crippen LogP contribution is 2.39. The second-order valence-electron chi connectivity index (χ2n) is 7.03. The number of likely N-dealkylation sites (tertiary alicyclic amines) is 1. The van der Waals surface area contributed by atoms with Gasteiger partial charge in [-0.3, -0.25) is 0 Å². The largest absolute Gasteiger partial charge is 0.303 e. The van der Waals surface area contributed by atoms with Gasteiger partial charge < -0.3 is 4.90 Å². The summed E-state index contributed by atoms with van der Waals surface area (Å²) in [5, 5.41) is 0. The van der Waals surface area contributed by atoms with E-state index < -0.39 is 0 Å². The first-order valence-corrected chi connectivity index (χ1v) is 8.72. The molecule has 2 bridgehead atoms. The standard InChI is InChI=1S/C21H25N/c1-2-6-17(7-3-1)10-12-22-13-11-20-15-18(16-22)14-19-8-4-5-9-21(19)20/h1-9,18,20H,10-16H2. The number of hydrogen-bond acceptors (Lipinski definition) is 1. The first-order valence-electron chi connectivity index (χ1n) is 8.72. The minimum atomic E-state index is 0.802. The summed E-state index contributed by atoms with van der Waals surface area (Å²) in [5.41, 5.74) is 4.73. The molecule has 2 aliphatic rings. The van der Waals surface area contributed by atoms with E-state index in [2.05, 4.69) is 59.5 Å². The van der Waals surface area contributed by atoms with Gasteiger partial charge in [0.2, 0.25) is 0 Å². The van der Waals surface area contributed by atoms with Crippen molar-refractivity contribution >= 4 is 0 Å². The Bertz CT molecular complexity index is 619. The Morgan fingerprint density at radius 1 is 0.955 bits per heavy atom. The summed E-state index contributed by atoms with van der Waals surface area (Å²) in [6.07, 6.45) is 5.21. The molecule has 1 heteroatoms. The van der Waals surface area contributed by atoms with E-state index in [-0.39, 0.29) is 0 Å². The lowest BCUT2D eigenvalue weighted by Crippen LogP contribution is -2.31. The molecule has 0 radical (unpaired) electrons. The van der Waals surface area contributed by atoms with Crippen molar-refractivity contribution < 1.29 is 0 Å². The normalized spacial score (nSPS) is 24.5. The van der Waals surface area contributed by atoms with Crippen molar-refractivity contribution in [3.8, 4) is 0 Å². The van der Waals surface area contributed by atoms with Crippen LogP contribution in [0.4, 0.5) is 0 Å². The van der Waals surface area contributed by atoms with Gasteiger partial charge in [-0.05, 0) is 60.8 Å². The number of fused-ring (bicyclic) bond motifs is 4. The molecule has 2 aromatic rings. The van der Waals surface area contributed by atoms with Crippen molar-refractivity contribution in [2.45, 2.75) is 31.6 Å². The van der Waals surface area contributed by atoms with Crippen LogP contribution in [-0.4, -0.2) is 24.5 Å². The SMILES string of the molecule is c1ccc(CCN2CCC3CC(Cc4ccccc43)C2)cc1. The number of nitrogens with zero attached hydrogens (tertiary/aromatic N) is 1. The summed E-state index contributed by atoms with van der Waals surface area (Å²) in [5.74, 6) is 1.66. The third kappa shape index (κ3) is 2.96. The molecule has 0 amide bonds. The minimum Gasteiger partial charge on any atom is -0.303 e. The molecule has 0 N–H and O–H groups in total. The first kappa shape index (κ1) is 14.0. The summed E-state index contributed by atoms with van der Waals surface area (Å²) in [6.45, 7) is 3.77. The van der Waals surface area contributed by atoms with E-state index in [1.165, 1.54) is 50.9 Å². The van der Waals surface area contributed by atoms with Crippen LogP contribution in [0.15, 0.2) is 54.6 Å². The number of benzene rings is 2. The highest BCUT2D eigenvalue weighted by molar-refractivity contribution is 5.33. The summed E-state index contributed by atoms with van der Waals surface area (Å²) >= 11 is 0. The zero-order chi connectivity index (χ0) is 14.8. The molecule has 1 aliphatic heterocycles. The molecular weight excluding hydrogens is 266 g/mol. The van der Waals surface area contributed by atoms with E-state index in [0.29, 0.717) is 0 Å². The van der Waals surface area contributed by atoms with Gasteiger partial charge in [-0.25, -0.2) is 0 Å². The van der Waals surface area contributed by atoms with Gasteiger partial charge in [0, 0.05) is 13.1 Å². The van der Waals surface area contributed by atoms with E-state index >= 15 is 0 Å². The van der Waals surface area contributed by atoms with E-state index in [0.717, 1.165) is 11.8 Å². The fourth-order valence-corrected chi connectivity index (χ4v) is 4.38. The van der Waals surface area contributed by atoms with Crippen molar-refractivity contribution in [3.63, 3.8) is 0 Å². The van der Waals surface area contributed by atoms with Gasteiger partial charge in [-0.2, -0.15) is 0 Å². The van der Waals surface area contributed by atoms with Crippen LogP contribution in [-0.2, 0) is 12.8 Å². The molecule has 1 heterocycles. The quantitative estimate of drug-likeness (QED) is 0.816. The van der Waals surface area contributed by atoms with Gasteiger partial charge in [0.25, 0.3) is 0 Å². The monoisotopic (exact) mass is 291 g/mol. The zero-order valence-corrected chi connectivity index (χ0v) is 13.2.